The van der Waals surface area contributed by atoms with Crippen LogP contribution in [0.5, 0.6) is 0 Å². The zero-order chi connectivity index (χ0) is 15.8. The topological polar surface area (TPSA) is 46.2 Å². The highest BCUT2D eigenvalue weighted by atomic mass is 32.2. The highest BCUT2D eigenvalue weighted by Crippen LogP contribution is 2.24. The Hall–Kier alpha value is -1.95. The summed E-state index contributed by atoms with van der Waals surface area (Å²) in [6.07, 6.45) is 0. The second kappa shape index (κ2) is 5.44. The highest BCUT2D eigenvalue weighted by molar-refractivity contribution is 7.92. The molecule has 0 radical (unpaired) electrons. The molecule has 112 valence electrons. The van der Waals surface area contributed by atoms with Crippen molar-refractivity contribution in [2.24, 2.45) is 0 Å². The number of rotatable bonds is 3. The smallest absolute Gasteiger partial charge is 0.262 e. The van der Waals surface area contributed by atoms with Crippen LogP contribution in [0.4, 0.5) is 14.5 Å². The Balaban J connectivity index is 2.46. The zero-order valence-corrected chi connectivity index (χ0v) is 12.7. The van der Waals surface area contributed by atoms with Crippen LogP contribution in [0.15, 0.2) is 35.2 Å². The number of aryl methyl sites for hydroxylation is 3. The van der Waals surface area contributed by atoms with Crippen LogP contribution in [0.2, 0.25) is 0 Å². The molecule has 0 aromatic heterocycles. The summed E-state index contributed by atoms with van der Waals surface area (Å²) >= 11 is 0. The standard InChI is InChI=1S/C15H15F2NO2S/c1-9-6-10(2)15(11(3)7-9)21(19,20)18-12-4-5-13(16)14(17)8-12/h4-8,18H,1-3H3. The number of sulfonamides is 1. The summed E-state index contributed by atoms with van der Waals surface area (Å²) in [4.78, 5) is 0.151. The van der Waals surface area contributed by atoms with Crippen LogP contribution in [0.25, 0.3) is 0 Å². The molecule has 6 heteroatoms. The summed E-state index contributed by atoms with van der Waals surface area (Å²) in [7, 11) is -3.86. The molecule has 0 aliphatic heterocycles. The number of halogens is 2. The molecule has 0 bridgehead atoms. The van der Waals surface area contributed by atoms with Crippen molar-refractivity contribution in [1.82, 2.24) is 0 Å². The monoisotopic (exact) mass is 311 g/mol. The first kappa shape index (κ1) is 15.4. The highest BCUT2D eigenvalue weighted by Gasteiger charge is 2.20. The maximum absolute atomic E-state index is 13.2. The van der Waals surface area contributed by atoms with Gasteiger partial charge in [0.25, 0.3) is 10.0 Å². The van der Waals surface area contributed by atoms with E-state index in [1.54, 1.807) is 26.0 Å². The van der Waals surface area contributed by atoms with Crippen molar-refractivity contribution in [3.63, 3.8) is 0 Å². The van der Waals surface area contributed by atoms with Crippen molar-refractivity contribution < 1.29 is 17.2 Å². The van der Waals surface area contributed by atoms with Gasteiger partial charge in [-0.05, 0) is 44.0 Å². The van der Waals surface area contributed by atoms with E-state index in [1.165, 1.54) is 6.07 Å². The minimum Gasteiger partial charge on any atom is -0.280 e. The molecule has 0 fully saturated rings. The van der Waals surface area contributed by atoms with Crippen molar-refractivity contribution in [2.45, 2.75) is 25.7 Å². The molecule has 0 saturated heterocycles. The summed E-state index contributed by atoms with van der Waals surface area (Å²) in [5.74, 6) is -2.13. The van der Waals surface area contributed by atoms with E-state index >= 15 is 0 Å². The maximum atomic E-state index is 13.2. The number of hydrogen-bond acceptors (Lipinski definition) is 2. The van der Waals surface area contributed by atoms with Crippen LogP contribution in [-0.2, 0) is 10.0 Å². The molecule has 0 aliphatic rings. The quantitative estimate of drug-likeness (QED) is 0.939. The summed E-state index contributed by atoms with van der Waals surface area (Å²) in [6, 6.07) is 6.38. The van der Waals surface area contributed by atoms with E-state index in [1.807, 2.05) is 6.92 Å². The van der Waals surface area contributed by atoms with E-state index < -0.39 is 21.7 Å². The summed E-state index contributed by atoms with van der Waals surface area (Å²) in [5.41, 5.74) is 2.13. The van der Waals surface area contributed by atoms with E-state index in [0.29, 0.717) is 11.1 Å². The lowest BCUT2D eigenvalue weighted by Crippen LogP contribution is -2.16. The van der Waals surface area contributed by atoms with Gasteiger partial charge in [-0.15, -0.1) is 0 Å². The third-order valence-corrected chi connectivity index (χ3v) is 4.73. The minimum atomic E-state index is -3.86. The zero-order valence-electron chi connectivity index (χ0n) is 11.9. The molecule has 0 spiro atoms. The number of nitrogens with one attached hydrogen (secondary N) is 1. The average molecular weight is 311 g/mol. The summed E-state index contributed by atoms with van der Waals surface area (Å²) in [5, 5.41) is 0. The normalized spacial score (nSPS) is 11.5. The van der Waals surface area contributed by atoms with Crippen molar-refractivity contribution in [1.29, 1.82) is 0 Å². The van der Waals surface area contributed by atoms with Crippen molar-refractivity contribution >= 4 is 15.7 Å². The van der Waals surface area contributed by atoms with Crippen molar-refractivity contribution in [2.75, 3.05) is 4.72 Å². The van der Waals surface area contributed by atoms with Crippen LogP contribution in [-0.4, -0.2) is 8.42 Å². The van der Waals surface area contributed by atoms with E-state index in [9.17, 15) is 17.2 Å². The van der Waals surface area contributed by atoms with Crippen LogP contribution in [0.3, 0.4) is 0 Å². The molecule has 2 aromatic rings. The van der Waals surface area contributed by atoms with Crippen LogP contribution < -0.4 is 4.72 Å². The van der Waals surface area contributed by atoms with E-state index in [0.717, 1.165) is 17.7 Å². The Morgan fingerprint density at radius 1 is 0.905 bits per heavy atom. The molecule has 0 saturated carbocycles. The van der Waals surface area contributed by atoms with Crippen molar-refractivity contribution in [3.05, 3.63) is 58.7 Å². The lowest BCUT2D eigenvalue weighted by Gasteiger charge is -2.14. The fraction of sp³-hybridized carbons (Fsp3) is 0.200. The Labute approximate surface area is 122 Å². The Morgan fingerprint density at radius 3 is 2.00 bits per heavy atom. The van der Waals surface area contributed by atoms with Gasteiger partial charge in [0.15, 0.2) is 11.6 Å². The molecule has 0 amide bonds. The summed E-state index contributed by atoms with van der Waals surface area (Å²) in [6.45, 7) is 5.26. The molecule has 2 rings (SSSR count). The van der Waals surface area contributed by atoms with Crippen LogP contribution in [0, 0.1) is 32.4 Å². The van der Waals surface area contributed by atoms with Gasteiger partial charge in [-0.1, -0.05) is 17.7 Å². The number of hydrogen-bond donors (Lipinski definition) is 1. The Morgan fingerprint density at radius 2 is 1.48 bits per heavy atom. The second-order valence-electron chi connectivity index (χ2n) is 4.96. The van der Waals surface area contributed by atoms with Gasteiger partial charge in [-0.25, -0.2) is 17.2 Å². The maximum Gasteiger partial charge on any atom is 0.262 e. The first-order valence-electron chi connectivity index (χ1n) is 6.26. The third kappa shape index (κ3) is 3.21. The van der Waals surface area contributed by atoms with Gasteiger partial charge in [0.1, 0.15) is 0 Å². The molecule has 21 heavy (non-hydrogen) atoms. The molecule has 2 aromatic carbocycles. The first-order valence-corrected chi connectivity index (χ1v) is 7.75. The third-order valence-electron chi connectivity index (χ3n) is 3.05. The van der Waals surface area contributed by atoms with E-state index in [2.05, 4.69) is 4.72 Å². The Kier molecular flexibility index (Phi) is 4.00. The lowest BCUT2D eigenvalue weighted by atomic mass is 10.1. The van der Waals surface area contributed by atoms with Crippen LogP contribution in [0.1, 0.15) is 16.7 Å². The number of benzene rings is 2. The van der Waals surface area contributed by atoms with Crippen LogP contribution >= 0.6 is 0 Å². The van der Waals surface area contributed by atoms with Gasteiger partial charge in [0, 0.05) is 6.07 Å². The fourth-order valence-electron chi connectivity index (χ4n) is 2.36. The largest absolute Gasteiger partial charge is 0.280 e. The fourth-order valence-corrected chi connectivity index (χ4v) is 3.86. The predicted molar refractivity (Wildman–Crippen MR) is 77.8 cm³/mol. The van der Waals surface area contributed by atoms with Gasteiger partial charge in [-0.2, -0.15) is 0 Å². The van der Waals surface area contributed by atoms with Gasteiger partial charge < -0.3 is 0 Å². The average Bonchev–Trinajstić information content (AvgIpc) is 2.31. The van der Waals surface area contributed by atoms with Gasteiger partial charge in [0.05, 0.1) is 10.6 Å². The first-order chi connectivity index (χ1) is 9.70. The van der Waals surface area contributed by atoms with Crippen molar-refractivity contribution in [3.8, 4) is 0 Å². The molecule has 1 N–H and O–H groups in total. The molecular formula is C15H15F2NO2S. The van der Waals surface area contributed by atoms with Gasteiger partial charge >= 0.3 is 0 Å². The molecule has 0 aliphatic carbocycles. The SMILES string of the molecule is Cc1cc(C)c(S(=O)(=O)Nc2ccc(F)c(F)c2)c(C)c1. The second-order valence-corrected chi connectivity index (χ2v) is 6.58. The van der Waals surface area contributed by atoms with E-state index in [4.69, 9.17) is 0 Å². The van der Waals surface area contributed by atoms with Gasteiger partial charge in [-0.3, -0.25) is 4.72 Å². The predicted octanol–water partition coefficient (Wildman–Crippen LogP) is 3.69. The van der Waals surface area contributed by atoms with E-state index in [-0.39, 0.29) is 10.6 Å². The molecule has 0 atom stereocenters. The molecule has 3 nitrogen and oxygen atoms in total. The lowest BCUT2D eigenvalue weighted by molar-refractivity contribution is 0.509. The molecule has 0 heterocycles. The minimum absolute atomic E-state index is 0.0201. The van der Waals surface area contributed by atoms with Gasteiger partial charge in [0.2, 0.25) is 0 Å². The Bertz CT molecular complexity index is 778. The molecule has 0 unspecified atom stereocenters. The summed E-state index contributed by atoms with van der Waals surface area (Å²) < 4.78 is 53.1. The number of anilines is 1. The molecular weight excluding hydrogens is 296 g/mol.